The Bertz CT molecular complexity index is 644. The van der Waals surface area contributed by atoms with E-state index < -0.39 is 0 Å². The summed E-state index contributed by atoms with van der Waals surface area (Å²) < 4.78 is 1.67. The second-order valence-electron chi connectivity index (χ2n) is 5.44. The van der Waals surface area contributed by atoms with Gasteiger partial charge in [0, 0.05) is 37.9 Å². The molecule has 0 spiro atoms. The van der Waals surface area contributed by atoms with Crippen molar-refractivity contribution in [3.05, 3.63) is 45.3 Å². The number of piperidine rings is 1. The van der Waals surface area contributed by atoms with E-state index in [9.17, 15) is 9.59 Å². The van der Waals surface area contributed by atoms with Crippen LogP contribution in [0.3, 0.4) is 0 Å². The topological polar surface area (TPSA) is 58.1 Å². The number of nitrogens with zero attached hydrogens (tertiary/aromatic N) is 2. The lowest BCUT2D eigenvalue weighted by Gasteiger charge is -2.31. The second-order valence-corrected chi connectivity index (χ2v) is 6.39. The number of aromatic amines is 1. The van der Waals surface area contributed by atoms with E-state index in [0.717, 1.165) is 37.4 Å². The summed E-state index contributed by atoms with van der Waals surface area (Å²) in [4.78, 5) is 29.7. The van der Waals surface area contributed by atoms with Crippen LogP contribution in [0.1, 0.15) is 22.5 Å². The van der Waals surface area contributed by atoms with Crippen LogP contribution in [0.15, 0.2) is 34.7 Å². The molecule has 1 aliphatic rings. The molecule has 0 saturated carbocycles. The zero-order valence-corrected chi connectivity index (χ0v) is 12.6. The molecule has 0 amide bonds. The Morgan fingerprint density at radius 2 is 2.33 bits per heavy atom. The molecule has 21 heavy (non-hydrogen) atoms. The zero-order chi connectivity index (χ0) is 14.7. The van der Waals surface area contributed by atoms with Gasteiger partial charge in [0.05, 0.1) is 4.88 Å². The normalized spacial score (nSPS) is 19.7. The van der Waals surface area contributed by atoms with Crippen LogP contribution >= 0.6 is 11.3 Å². The monoisotopic (exact) mass is 305 g/mol. The number of hydrogen-bond donors (Lipinski definition) is 1. The molecule has 3 rings (SSSR count). The van der Waals surface area contributed by atoms with Gasteiger partial charge < -0.3 is 9.88 Å². The first-order valence-corrected chi connectivity index (χ1v) is 8.16. The van der Waals surface area contributed by atoms with E-state index in [1.807, 2.05) is 17.5 Å². The molecule has 1 fully saturated rings. The van der Waals surface area contributed by atoms with Crippen molar-refractivity contribution in [3.8, 4) is 0 Å². The standard InChI is InChI=1S/C15H19N3O2S/c19-14(13-4-2-10-21-13)12-3-1-6-17(11-12)8-9-18-7-5-16-15(18)20/h2,4-5,7,10,12H,1,3,6,8-9,11H2,(H,16,20). The van der Waals surface area contributed by atoms with Gasteiger partial charge in [0.25, 0.3) is 0 Å². The number of Topliss-reactive ketones (excluding diaryl/α,β-unsaturated/α-hetero) is 1. The largest absolute Gasteiger partial charge is 0.325 e. The fraction of sp³-hybridized carbons (Fsp3) is 0.467. The van der Waals surface area contributed by atoms with Crippen LogP contribution in [0.2, 0.25) is 0 Å². The van der Waals surface area contributed by atoms with Crippen molar-refractivity contribution < 1.29 is 4.79 Å². The maximum Gasteiger partial charge on any atom is 0.325 e. The van der Waals surface area contributed by atoms with Crippen LogP contribution in [0, 0.1) is 5.92 Å². The molecule has 2 aromatic heterocycles. The Balaban J connectivity index is 1.57. The number of thiophene rings is 1. The van der Waals surface area contributed by atoms with Gasteiger partial charge in [0.15, 0.2) is 5.78 Å². The van der Waals surface area contributed by atoms with Crippen LogP contribution in [0.25, 0.3) is 0 Å². The molecule has 112 valence electrons. The van der Waals surface area contributed by atoms with E-state index in [-0.39, 0.29) is 17.4 Å². The summed E-state index contributed by atoms with van der Waals surface area (Å²) in [5, 5.41) is 1.95. The van der Waals surface area contributed by atoms with Crippen molar-refractivity contribution >= 4 is 17.1 Å². The molecule has 1 unspecified atom stereocenters. The second kappa shape index (κ2) is 6.41. The molecule has 2 aromatic rings. The summed E-state index contributed by atoms with van der Waals surface area (Å²) in [6.45, 7) is 3.29. The highest BCUT2D eigenvalue weighted by Gasteiger charge is 2.26. The van der Waals surface area contributed by atoms with Crippen molar-refractivity contribution in [3.63, 3.8) is 0 Å². The summed E-state index contributed by atoms with van der Waals surface area (Å²) in [5.41, 5.74) is -0.0711. The van der Waals surface area contributed by atoms with Crippen molar-refractivity contribution in [2.75, 3.05) is 19.6 Å². The third-order valence-electron chi connectivity index (χ3n) is 4.02. The van der Waals surface area contributed by atoms with Crippen LogP contribution in [0.4, 0.5) is 0 Å². The Kier molecular flexibility index (Phi) is 4.36. The molecule has 1 N–H and O–H groups in total. The number of hydrogen-bond acceptors (Lipinski definition) is 4. The molecular weight excluding hydrogens is 286 g/mol. The molecular formula is C15H19N3O2S. The van der Waals surface area contributed by atoms with Gasteiger partial charge >= 0.3 is 5.69 Å². The molecule has 3 heterocycles. The van der Waals surface area contributed by atoms with Crippen molar-refractivity contribution in [2.45, 2.75) is 19.4 Å². The minimum absolute atomic E-state index is 0.0711. The highest BCUT2D eigenvalue weighted by Crippen LogP contribution is 2.23. The lowest BCUT2D eigenvalue weighted by molar-refractivity contribution is 0.0820. The fourth-order valence-corrected chi connectivity index (χ4v) is 3.61. The van der Waals surface area contributed by atoms with Gasteiger partial charge in [-0.2, -0.15) is 0 Å². The number of carbonyl (C=O) groups is 1. The van der Waals surface area contributed by atoms with Gasteiger partial charge in [-0.15, -0.1) is 11.3 Å². The van der Waals surface area contributed by atoms with Crippen molar-refractivity contribution in [2.24, 2.45) is 5.92 Å². The molecule has 1 saturated heterocycles. The number of imidazole rings is 1. The first kappa shape index (κ1) is 14.3. The Hall–Kier alpha value is -1.66. The van der Waals surface area contributed by atoms with E-state index >= 15 is 0 Å². The molecule has 1 atom stereocenters. The summed E-state index contributed by atoms with van der Waals surface area (Å²) in [6.07, 6.45) is 5.43. The lowest BCUT2D eigenvalue weighted by atomic mass is 9.93. The maximum atomic E-state index is 12.4. The van der Waals surface area contributed by atoms with E-state index in [1.165, 1.54) is 11.3 Å². The first-order chi connectivity index (χ1) is 10.2. The van der Waals surface area contributed by atoms with Crippen LogP contribution in [-0.4, -0.2) is 39.9 Å². The quantitative estimate of drug-likeness (QED) is 0.858. The number of nitrogens with one attached hydrogen (secondary N) is 1. The van der Waals surface area contributed by atoms with Gasteiger partial charge in [-0.05, 0) is 30.8 Å². The Labute approximate surface area is 127 Å². The number of likely N-dealkylation sites (tertiary alicyclic amines) is 1. The van der Waals surface area contributed by atoms with Gasteiger partial charge in [-0.1, -0.05) is 6.07 Å². The number of carbonyl (C=O) groups excluding carboxylic acids is 1. The minimum Gasteiger partial charge on any atom is -0.313 e. The summed E-state index contributed by atoms with van der Waals surface area (Å²) in [6, 6.07) is 3.84. The number of rotatable bonds is 5. The summed E-state index contributed by atoms with van der Waals surface area (Å²) in [7, 11) is 0. The van der Waals surface area contributed by atoms with E-state index in [4.69, 9.17) is 0 Å². The smallest absolute Gasteiger partial charge is 0.313 e. The molecule has 0 radical (unpaired) electrons. The zero-order valence-electron chi connectivity index (χ0n) is 11.8. The van der Waals surface area contributed by atoms with E-state index in [2.05, 4.69) is 9.88 Å². The molecule has 0 bridgehead atoms. The van der Waals surface area contributed by atoms with E-state index in [0.29, 0.717) is 6.54 Å². The molecule has 6 heteroatoms. The summed E-state index contributed by atoms with van der Waals surface area (Å²) >= 11 is 1.52. The van der Waals surface area contributed by atoms with Crippen LogP contribution in [0.5, 0.6) is 0 Å². The fourth-order valence-electron chi connectivity index (χ4n) is 2.87. The number of aromatic nitrogens is 2. The minimum atomic E-state index is -0.0711. The van der Waals surface area contributed by atoms with Crippen LogP contribution < -0.4 is 5.69 Å². The van der Waals surface area contributed by atoms with Gasteiger partial charge in [0.1, 0.15) is 0 Å². The van der Waals surface area contributed by atoms with Crippen molar-refractivity contribution in [1.82, 2.24) is 14.5 Å². The average molecular weight is 305 g/mol. The Morgan fingerprint density at radius 1 is 1.43 bits per heavy atom. The molecule has 1 aliphatic heterocycles. The predicted octanol–water partition coefficient (Wildman–Crippen LogP) is 1.83. The molecule has 0 aromatic carbocycles. The van der Waals surface area contributed by atoms with Gasteiger partial charge in [-0.3, -0.25) is 9.36 Å². The highest BCUT2D eigenvalue weighted by atomic mass is 32.1. The van der Waals surface area contributed by atoms with Crippen LogP contribution in [-0.2, 0) is 6.54 Å². The molecule has 5 nitrogen and oxygen atoms in total. The number of ketones is 1. The van der Waals surface area contributed by atoms with E-state index in [1.54, 1.807) is 17.0 Å². The van der Waals surface area contributed by atoms with Gasteiger partial charge in [-0.25, -0.2) is 4.79 Å². The predicted molar refractivity (Wildman–Crippen MR) is 82.9 cm³/mol. The molecule has 0 aliphatic carbocycles. The third kappa shape index (κ3) is 3.33. The Morgan fingerprint density at radius 3 is 3.05 bits per heavy atom. The van der Waals surface area contributed by atoms with Crippen molar-refractivity contribution in [1.29, 1.82) is 0 Å². The number of H-pyrrole nitrogens is 1. The maximum absolute atomic E-state index is 12.4. The first-order valence-electron chi connectivity index (χ1n) is 7.28. The SMILES string of the molecule is O=C(c1cccs1)C1CCCN(CCn2cc[nH]c2=O)C1. The highest BCUT2D eigenvalue weighted by molar-refractivity contribution is 7.12. The lowest BCUT2D eigenvalue weighted by Crippen LogP contribution is -2.40. The average Bonchev–Trinajstić information content (AvgIpc) is 3.16. The van der Waals surface area contributed by atoms with Gasteiger partial charge in [0.2, 0.25) is 0 Å². The third-order valence-corrected chi connectivity index (χ3v) is 4.90. The summed E-state index contributed by atoms with van der Waals surface area (Å²) in [5.74, 6) is 0.369.